The van der Waals surface area contributed by atoms with Crippen molar-refractivity contribution in [3.8, 4) is 0 Å². The van der Waals surface area contributed by atoms with Gasteiger partial charge >= 0.3 is 0 Å². The molecule has 0 radical (unpaired) electrons. The molecule has 0 aromatic rings. The first-order chi connectivity index (χ1) is 8.27. The van der Waals surface area contributed by atoms with Crippen molar-refractivity contribution in [2.45, 2.75) is 57.0 Å². The average Bonchev–Trinajstić information content (AvgIpc) is 2.82. The summed E-state index contributed by atoms with van der Waals surface area (Å²) >= 11 is 0. The van der Waals surface area contributed by atoms with Crippen LogP contribution in [0.4, 0.5) is 0 Å². The highest BCUT2D eigenvalue weighted by atomic mass is 16.2. The Morgan fingerprint density at radius 3 is 2.24 bits per heavy atom. The van der Waals surface area contributed by atoms with Crippen molar-refractivity contribution in [2.24, 2.45) is 5.92 Å². The monoisotopic (exact) mass is 236 g/mol. The highest BCUT2D eigenvalue weighted by Gasteiger charge is 2.41. The molecule has 3 aliphatic rings. The molecule has 3 heteroatoms. The van der Waals surface area contributed by atoms with Crippen LogP contribution < -0.4 is 0 Å². The van der Waals surface area contributed by atoms with Crippen LogP contribution in [-0.4, -0.2) is 47.9 Å². The number of likely N-dealkylation sites (N-methyl/N-ethyl adjacent to an activating group) is 1. The Bertz CT molecular complexity index is 301. The maximum atomic E-state index is 12.4. The van der Waals surface area contributed by atoms with E-state index < -0.39 is 0 Å². The molecule has 3 fully saturated rings. The Balaban J connectivity index is 1.68. The average molecular weight is 236 g/mol. The van der Waals surface area contributed by atoms with Crippen molar-refractivity contribution in [2.75, 3.05) is 20.1 Å². The summed E-state index contributed by atoms with van der Waals surface area (Å²) in [4.78, 5) is 17.1. The van der Waals surface area contributed by atoms with E-state index in [1.165, 1.54) is 38.6 Å². The summed E-state index contributed by atoms with van der Waals surface area (Å²) in [6.45, 7) is 2.23. The van der Waals surface area contributed by atoms with Gasteiger partial charge in [0.1, 0.15) is 0 Å². The normalized spacial score (nSPS) is 35.2. The Morgan fingerprint density at radius 1 is 0.941 bits per heavy atom. The van der Waals surface area contributed by atoms with Crippen LogP contribution in [-0.2, 0) is 4.79 Å². The SMILES string of the molecule is CN1CCC[C@@H]1[C@H]1CCCN1C(=O)C1CCC1. The van der Waals surface area contributed by atoms with Crippen molar-refractivity contribution in [3.05, 3.63) is 0 Å². The zero-order valence-corrected chi connectivity index (χ0v) is 10.9. The second-order valence-electron chi connectivity index (χ2n) is 6.06. The van der Waals surface area contributed by atoms with Crippen LogP contribution in [0.15, 0.2) is 0 Å². The summed E-state index contributed by atoms with van der Waals surface area (Å²) in [6.07, 6.45) is 8.59. The Kier molecular flexibility index (Phi) is 3.12. The maximum absolute atomic E-state index is 12.4. The van der Waals surface area contributed by atoms with E-state index in [2.05, 4.69) is 16.8 Å². The van der Waals surface area contributed by atoms with Gasteiger partial charge in [-0.2, -0.15) is 0 Å². The number of hydrogen-bond acceptors (Lipinski definition) is 2. The quantitative estimate of drug-likeness (QED) is 0.731. The molecule has 17 heavy (non-hydrogen) atoms. The molecule has 2 heterocycles. The smallest absolute Gasteiger partial charge is 0.225 e. The largest absolute Gasteiger partial charge is 0.338 e. The number of rotatable bonds is 2. The van der Waals surface area contributed by atoms with Crippen LogP contribution in [0.2, 0.25) is 0 Å². The molecule has 1 amide bonds. The zero-order chi connectivity index (χ0) is 11.8. The van der Waals surface area contributed by atoms with E-state index in [1.807, 2.05) is 0 Å². The van der Waals surface area contributed by atoms with E-state index in [0.717, 1.165) is 19.4 Å². The third kappa shape index (κ3) is 1.99. The molecule has 0 N–H and O–H groups in total. The Hall–Kier alpha value is -0.570. The molecule has 96 valence electrons. The lowest BCUT2D eigenvalue weighted by molar-refractivity contribution is -0.140. The molecule has 0 bridgehead atoms. The number of nitrogens with zero attached hydrogens (tertiary/aromatic N) is 2. The Morgan fingerprint density at radius 2 is 1.65 bits per heavy atom. The minimum Gasteiger partial charge on any atom is -0.338 e. The van der Waals surface area contributed by atoms with Gasteiger partial charge in [-0.3, -0.25) is 4.79 Å². The van der Waals surface area contributed by atoms with Crippen LogP contribution in [0, 0.1) is 5.92 Å². The van der Waals surface area contributed by atoms with Crippen LogP contribution >= 0.6 is 0 Å². The number of carbonyl (C=O) groups is 1. The first-order valence-electron chi connectivity index (χ1n) is 7.28. The first-order valence-corrected chi connectivity index (χ1v) is 7.28. The molecule has 2 atom stereocenters. The van der Waals surface area contributed by atoms with Gasteiger partial charge in [0.05, 0.1) is 0 Å². The molecule has 1 saturated carbocycles. The van der Waals surface area contributed by atoms with E-state index in [-0.39, 0.29) is 0 Å². The topological polar surface area (TPSA) is 23.6 Å². The van der Waals surface area contributed by atoms with Gasteiger partial charge in [0.15, 0.2) is 0 Å². The highest BCUT2D eigenvalue weighted by molar-refractivity contribution is 5.80. The van der Waals surface area contributed by atoms with Crippen molar-refractivity contribution < 1.29 is 4.79 Å². The minimum atomic E-state index is 0.377. The molecule has 3 nitrogen and oxygen atoms in total. The third-order valence-corrected chi connectivity index (χ3v) is 5.06. The van der Waals surface area contributed by atoms with Gasteiger partial charge in [-0.25, -0.2) is 0 Å². The number of hydrogen-bond donors (Lipinski definition) is 0. The lowest BCUT2D eigenvalue weighted by Crippen LogP contribution is -2.49. The summed E-state index contributed by atoms with van der Waals surface area (Å²) in [5, 5.41) is 0. The van der Waals surface area contributed by atoms with E-state index in [9.17, 15) is 4.79 Å². The van der Waals surface area contributed by atoms with Gasteiger partial charge in [-0.15, -0.1) is 0 Å². The fourth-order valence-corrected chi connectivity index (χ4v) is 3.78. The van der Waals surface area contributed by atoms with Gasteiger partial charge in [-0.05, 0) is 52.1 Å². The van der Waals surface area contributed by atoms with Crippen molar-refractivity contribution in [1.82, 2.24) is 9.80 Å². The van der Waals surface area contributed by atoms with Gasteiger partial charge in [0, 0.05) is 24.5 Å². The second-order valence-corrected chi connectivity index (χ2v) is 6.06. The molecular weight excluding hydrogens is 212 g/mol. The predicted octanol–water partition coefficient (Wildman–Crippen LogP) is 1.87. The van der Waals surface area contributed by atoms with E-state index >= 15 is 0 Å². The fourth-order valence-electron chi connectivity index (χ4n) is 3.78. The highest BCUT2D eigenvalue weighted by Crippen LogP contribution is 2.34. The van der Waals surface area contributed by atoms with Gasteiger partial charge in [0.25, 0.3) is 0 Å². The lowest BCUT2D eigenvalue weighted by Gasteiger charge is -2.37. The first kappa shape index (κ1) is 11.5. The molecule has 2 saturated heterocycles. The van der Waals surface area contributed by atoms with Crippen LogP contribution in [0.25, 0.3) is 0 Å². The van der Waals surface area contributed by atoms with Crippen LogP contribution in [0.5, 0.6) is 0 Å². The molecule has 0 aromatic carbocycles. The van der Waals surface area contributed by atoms with E-state index in [1.54, 1.807) is 0 Å². The number of likely N-dealkylation sites (tertiary alicyclic amines) is 2. The van der Waals surface area contributed by atoms with Gasteiger partial charge in [-0.1, -0.05) is 6.42 Å². The van der Waals surface area contributed by atoms with E-state index in [0.29, 0.717) is 23.9 Å². The lowest BCUT2D eigenvalue weighted by atomic mass is 9.84. The number of amides is 1. The van der Waals surface area contributed by atoms with Crippen molar-refractivity contribution in [1.29, 1.82) is 0 Å². The molecule has 0 spiro atoms. The predicted molar refractivity (Wildman–Crippen MR) is 67.7 cm³/mol. The Labute approximate surface area is 104 Å². The molecular formula is C14H24N2O. The van der Waals surface area contributed by atoms with Crippen molar-refractivity contribution in [3.63, 3.8) is 0 Å². The zero-order valence-electron chi connectivity index (χ0n) is 10.9. The number of carbonyl (C=O) groups excluding carboxylic acids is 1. The summed E-state index contributed by atoms with van der Waals surface area (Å²) in [5.41, 5.74) is 0. The van der Waals surface area contributed by atoms with Crippen molar-refractivity contribution >= 4 is 5.91 Å². The molecule has 0 unspecified atom stereocenters. The molecule has 0 aromatic heterocycles. The molecule has 3 rings (SSSR count). The van der Waals surface area contributed by atoms with E-state index in [4.69, 9.17) is 0 Å². The summed E-state index contributed by atoms with van der Waals surface area (Å²) in [6, 6.07) is 1.16. The fraction of sp³-hybridized carbons (Fsp3) is 0.929. The van der Waals surface area contributed by atoms with Crippen LogP contribution in [0.1, 0.15) is 44.9 Å². The summed E-state index contributed by atoms with van der Waals surface area (Å²) in [7, 11) is 2.22. The molecule has 1 aliphatic carbocycles. The summed E-state index contributed by atoms with van der Waals surface area (Å²) in [5.74, 6) is 0.848. The maximum Gasteiger partial charge on any atom is 0.225 e. The second kappa shape index (κ2) is 4.60. The minimum absolute atomic E-state index is 0.377. The third-order valence-electron chi connectivity index (χ3n) is 5.06. The van der Waals surface area contributed by atoms with Gasteiger partial charge in [0.2, 0.25) is 5.91 Å². The molecule has 2 aliphatic heterocycles. The summed E-state index contributed by atoms with van der Waals surface area (Å²) < 4.78 is 0. The van der Waals surface area contributed by atoms with Crippen LogP contribution in [0.3, 0.4) is 0 Å². The standard InChI is InChI=1S/C14H24N2O/c1-15-9-3-7-12(15)13-8-4-10-16(13)14(17)11-5-2-6-11/h11-13H,2-10H2,1H3/t12-,13-/m1/s1. The van der Waals surface area contributed by atoms with Gasteiger partial charge < -0.3 is 9.80 Å².